The number of carbonyl (C=O) groups excluding carboxylic acids is 2. The van der Waals surface area contributed by atoms with Gasteiger partial charge in [-0.2, -0.15) is 0 Å². The van der Waals surface area contributed by atoms with E-state index in [-0.39, 0.29) is 13.0 Å². The molecule has 0 radical (unpaired) electrons. The minimum Gasteiger partial charge on any atom is -0.497 e. The summed E-state index contributed by atoms with van der Waals surface area (Å²) in [6.07, 6.45) is 1.39. The number of esters is 1. The third kappa shape index (κ3) is 4.62. The molecule has 7 heteroatoms. The van der Waals surface area contributed by atoms with Crippen molar-refractivity contribution in [3.05, 3.63) is 65.9 Å². The van der Waals surface area contributed by atoms with Crippen LogP contribution in [0.2, 0.25) is 0 Å². The smallest absolute Gasteiger partial charge is 0.408 e. The zero-order valence-corrected chi connectivity index (χ0v) is 15.7. The van der Waals surface area contributed by atoms with Gasteiger partial charge in [-0.05, 0) is 23.3 Å². The molecule has 1 atom stereocenters. The van der Waals surface area contributed by atoms with Gasteiger partial charge in [0, 0.05) is 29.6 Å². The first kappa shape index (κ1) is 19.3. The van der Waals surface area contributed by atoms with Crippen molar-refractivity contribution in [2.24, 2.45) is 0 Å². The number of H-pyrrole nitrogens is 1. The predicted molar refractivity (Wildman–Crippen MR) is 104 cm³/mol. The molecule has 1 amide bonds. The number of carbonyl (C=O) groups is 2. The van der Waals surface area contributed by atoms with Crippen LogP contribution in [0.15, 0.2) is 54.7 Å². The Hall–Kier alpha value is -3.48. The third-order valence-corrected chi connectivity index (χ3v) is 4.39. The van der Waals surface area contributed by atoms with Gasteiger partial charge in [0.15, 0.2) is 0 Å². The van der Waals surface area contributed by atoms with Gasteiger partial charge < -0.3 is 24.5 Å². The predicted octanol–water partition coefficient (Wildman–Crippen LogP) is 3.19. The van der Waals surface area contributed by atoms with Crippen LogP contribution in [0.4, 0.5) is 4.79 Å². The molecule has 2 aromatic carbocycles. The first-order valence-electron chi connectivity index (χ1n) is 8.79. The molecule has 1 aromatic heterocycles. The van der Waals surface area contributed by atoms with Crippen molar-refractivity contribution < 1.29 is 23.8 Å². The van der Waals surface area contributed by atoms with Crippen LogP contribution >= 0.6 is 0 Å². The Kier molecular flexibility index (Phi) is 6.16. The van der Waals surface area contributed by atoms with E-state index in [2.05, 4.69) is 10.3 Å². The maximum Gasteiger partial charge on any atom is 0.408 e. The number of hydrogen-bond donors (Lipinski definition) is 2. The number of methoxy groups -OCH3 is 2. The lowest BCUT2D eigenvalue weighted by Crippen LogP contribution is -2.43. The summed E-state index contributed by atoms with van der Waals surface area (Å²) in [7, 11) is 2.88. The number of rotatable bonds is 7. The molecular formula is C21H22N2O5. The lowest BCUT2D eigenvalue weighted by molar-refractivity contribution is -0.142. The van der Waals surface area contributed by atoms with Crippen molar-refractivity contribution in [3.63, 3.8) is 0 Å². The van der Waals surface area contributed by atoms with Gasteiger partial charge in [-0.1, -0.05) is 30.3 Å². The number of hydrogen-bond acceptors (Lipinski definition) is 5. The molecule has 2 N–H and O–H groups in total. The van der Waals surface area contributed by atoms with Crippen LogP contribution in [0.3, 0.4) is 0 Å². The third-order valence-electron chi connectivity index (χ3n) is 4.39. The fourth-order valence-corrected chi connectivity index (χ4v) is 2.92. The highest BCUT2D eigenvalue weighted by atomic mass is 16.6. The van der Waals surface area contributed by atoms with Gasteiger partial charge in [-0.15, -0.1) is 0 Å². The molecule has 0 bridgehead atoms. The molecule has 28 heavy (non-hydrogen) atoms. The Morgan fingerprint density at radius 2 is 1.89 bits per heavy atom. The van der Waals surface area contributed by atoms with Gasteiger partial charge in [-0.3, -0.25) is 0 Å². The minimum absolute atomic E-state index is 0.118. The Labute approximate surface area is 162 Å². The molecule has 0 fully saturated rings. The van der Waals surface area contributed by atoms with E-state index in [4.69, 9.17) is 14.2 Å². The van der Waals surface area contributed by atoms with Crippen LogP contribution in [0, 0.1) is 0 Å². The minimum atomic E-state index is -0.866. The summed E-state index contributed by atoms with van der Waals surface area (Å²) in [4.78, 5) is 27.5. The summed E-state index contributed by atoms with van der Waals surface area (Å²) < 4.78 is 15.3. The van der Waals surface area contributed by atoms with Crippen LogP contribution in [0.5, 0.6) is 5.75 Å². The molecule has 0 aliphatic heterocycles. The van der Waals surface area contributed by atoms with Crippen molar-refractivity contribution in [3.8, 4) is 5.75 Å². The maximum absolute atomic E-state index is 12.2. The topological polar surface area (TPSA) is 89.7 Å². The molecule has 7 nitrogen and oxygen atoms in total. The number of aromatic nitrogens is 1. The molecule has 1 heterocycles. The Morgan fingerprint density at radius 1 is 1.11 bits per heavy atom. The van der Waals surface area contributed by atoms with Crippen LogP contribution in [0.25, 0.3) is 10.9 Å². The Morgan fingerprint density at radius 3 is 2.61 bits per heavy atom. The van der Waals surface area contributed by atoms with Crippen LogP contribution in [-0.4, -0.2) is 37.3 Å². The highest BCUT2D eigenvalue weighted by Crippen LogP contribution is 2.24. The maximum atomic E-state index is 12.2. The van der Waals surface area contributed by atoms with Crippen molar-refractivity contribution in [2.75, 3.05) is 14.2 Å². The van der Waals surface area contributed by atoms with Crippen molar-refractivity contribution >= 4 is 23.0 Å². The highest BCUT2D eigenvalue weighted by molar-refractivity contribution is 5.86. The SMILES string of the molecule is COC(=O)[C@@H](Cc1c[nH]c2cc(OC)ccc12)NC(=O)OCc1ccccc1. The van der Waals surface area contributed by atoms with E-state index in [1.54, 1.807) is 13.3 Å². The molecular weight excluding hydrogens is 360 g/mol. The van der Waals surface area contributed by atoms with Crippen LogP contribution in [0.1, 0.15) is 11.1 Å². The molecule has 3 rings (SSSR count). The second-order valence-corrected chi connectivity index (χ2v) is 6.21. The summed E-state index contributed by atoms with van der Waals surface area (Å²) >= 11 is 0. The molecule has 0 unspecified atom stereocenters. The Balaban J connectivity index is 1.68. The molecule has 146 valence electrons. The normalized spacial score (nSPS) is 11.6. The zero-order valence-electron chi connectivity index (χ0n) is 15.7. The van der Waals surface area contributed by atoms with E-state index >= 15 is 0 Å². The Bertz CT molecular complexity index is 952. The van der Waals surface area contributed by atoms with Gasteiger partial charge in [0.1, 0.15) is 18.4 Å². The number of nitrogens with one attached hydrogen (secondary N) is 2. The quantitative estimate of drug-likeness (QED) is 0.613. The molecule has 0 saturated heterocycles. The van der Waals surface area contributed by atoms with E-state index in [1.165, 1.54) is 7.11 Å². The summed E-state index contributed by atoms with van der Waals surface area (Å²) in [6.45, 7) is 0.118. The lowest BCUT2D eigenvalue weighted by atomic mass is 10.0. The van der Waals surface area contributed by atoms with E-state index in [9.17, 15) is 9.59 Å². The van der Waals surface area contributed by atoms with E-state index in [0.29, 0.717) is 0 Å². The van der Waals surface area contributed by atoms with Gasteiger partial charge in [-0.25, -0.2) is 9.59 Å². The van der Waals surface area contributed by atoms with Crippen LogP contribution < -0.4 is 10.1 Å². The van der Waals surface area contributed by atoms with E-state index < -0.39 is 18.1 Å². The molecule has 3 aromatic rings. The van der Waals surface area contributed by atoms with Gasteiger partial charge in [0.25, 0.3) is 0 Å². The second-order valence-electron chi connectivity index (χ2n) is 6.21. The van der Waals surface area contributed by atoms with E-state index in [1.807, 2.05) is 48.5 Å². The first-order valence-corrected chi connectivity index (χ1v) is 8.79. The van der Waals surface area contributed by atoms with Crippen LogP contribution in [-0.2, 0) is 27.3 Å². The zero-order chi connectivity index (χ0) is 19.9. The fourth-order valence-electron chi connectivity index (χ4n) is 2.92. The monoisotopic (exact) mass is 382 g/mol. The van der Waals surface area contributed by atoms with Crippen molar-refractivity contribution in [2.45, 2.75) is 19.1 Å². The number of ether oxygens (including phenoxy) is 3. The number of benzene rings is 2. The lowest BCUT2D eigenvalue weighted by Gasteiger charge is -2.16. The highest BCUT2D eigenvalue weighted by Gasteiger charge is 2.24. The first-order chi connectivity index (χ1) is 13.6. The van der Waals surface area contributed by atoms with Crippen molar-refractivity contribution in [1.82, 2.24) is 10.3 Å². The molecule has 0 saturated carbocycles. The second kappa shape index (κ2) is 8.94. The summed E-state index contributed by atoms with van der Waals surface area (Å²) in [6, 6.07) is 14.1. The number of fused-ring (bicyclic) bond motifs is 1. The summed E-state index contributed by atoms with van der Waals surface area (Å²) in [5, 5.41) is 3.53. The standard InChI is InChI=1S/C21H22N2O5/c1-26-16-8-9-17-15(12-22-18(17)11-16)10-19(20(24)27-2)23-21(25)28-13-14-6-4-3-5-7-14/h3-9,11-12,19,22H,10,13H2,1-2H3,(H,23,25)/t19-/m1/s1. The average Bonchev–Trinajstić information content (AvgIpc) is 3.13. The summed E-state index contributed by atoms with van der Waals surface area (Å²) in [5.74, 6) is 0.188. The molecule has 0 aliphatic rings. The van der Waals surface area contributed by atoms with E-state index in [0.717, 1.165) is 27.8 Å². The molecule has 0 spiro atoms. The molecule has 0 aliphatic carbocycles. The van der Waals surface area contributed by atoms with Gasteiger partial charge >= 0.3 is 12.1 Å². The average molecular weight is 382 g/mol. The number of aromatic amines is 1. The summed E-state index contributed by atoms with van der Waals surface area (Å²) in [5.41, 5.74) is 2.61. The van der Waals surface area contributed by atoms with Crippen molar-refractivity contribution in [1.29, 1.82) is 0 Å². The fraction of sp³-hybridized carbons (Fsp3) is 0.238. The van der Waals surface area contributed by atoms with Gasteiger partial charge in [0.05, 0.1) is 14.2 Å². The number of alkyl carbamates (subject to hydrolysis) is 1. The van der Waals surface area contributed by atoms with Gasteiger partial charge in [0.2, 0.25) is 0 Å². The number of amides is 1. The largest absolute Gasteiger partial charge is 0.497 e.